The smallest absolute Gasteiger partial charge is 0.258 e. The van der Waals surface area contributed by atoms with Gasteiger partial charge in [-0.3, -0.25) is 4.79 Å². The number of amides is 1. The zero-order valence-electron chi connectivity index (χ0n) is 9.60. The fraction of sp³-hybridized carbons (Fsp3) is 0.333. The summed E-state index contributed by atoms with van der Waals surface area (Å²) in [4.78, 5) is 14.3. The molecule has 1 amide bonds. The van der Waals surface area contributed by atoms with Gasteiger partial charge in [0, 0.05) is 11.0 Å². The Morgan fingerprint density at radius 1 is 1.56 bits per heavy atom. The number of phenolic OH excluding ortho intramolecular Hbond substituents is 1. The molecule has 1 aliphatic rings. The molecular weight excluding hydrogens is 316 g/mol. The van der Waals surface area contributed by atoms with Crippen molar-refractivity contribution in [2.75, 3.05) is 6.54 Å². The maximum absolute atomic E-state index is 12.4. The van der Waals surface area contributed by atoms with Gasteiger partial charge >= 0.3 is 0 Å². The van der Waals surface area contributed by atoms with E-state index in [0.717, 1.165) is 17.3 Å². The zero-order chi connectivity index (χ0) is 13.3. The number of likely N-dealkylation sites (tertiary alicyclic amines) is 1. The summed E-state index contributed by atoms with van der Waals surface area (Å²) in [6.45, 7) is 0.618. The van der Waals surface area contributed by atoms with Crippen molar-refractivity contribution in [1.29, 1.82) is 0 Å². The number of nitrogens with two attached hydrogens (primary N) is 1. The monoisotopic (exact) mass is 328 g/mol. The number of benzene rings is 1. The quantitative estimate of drug-likeness (QED) is 0.815. The average Bonchev–Trinajstić information content (AvgIpc) is 2.80. The van der Waals surface area contributed by atoms with Gasteiger partial charge in [-0.05, 0) is 31.0 Å². The largest absolute Gasteiger partial charge is 0.507 e. The molecule has 0 spiro atoms. The maximum Gasteiger partial charge on any atom is 0.258 e. The first-order valence-electron chi connectivity index (χ1n) is 5.59. The first-order chi connectivity index (χ1) is 8.50. The first-order valence-corrected chi connectivity index (χ1v) is 6.79. The van der Waals surface area contributed by atoms with Crippen LogP contribution in [0.1, 0.15) is 23.2 Å². The molecular formula is C12H13BrN2O2S. The average molecular weight is 329 g/mol. The van der Waals surface area contributed by atoms with E-state index in [1.54, 1.807) is 17.0 Å². The van der Waals surface area contributed by atoms with Gasteiger partial charge in [-0.1, -0.05) is 28.1 Å². The summed E-state index contributed by atoms with van der Waals surface area (Å²) in [6, 6.07) is 4.57. The Labute approximate surface area is 119 Å². The van der Waals surface area contributed by atoms with Crippen LogP contribution in [0.15, 0.2) is 22.7 Å². The Morgan fingerprint density at radius 3 is 2.94 bits per heavy atom. The highest BCUT2D eigenvalue weighted by Crippen LogP contribution is 2.27. The molecule has 6 heteroatoms. The number of nitrogens with zero attached hydrogens (tertiary/aromatic N) is 1. The van der Waals surface area contributed by atoms with Crippen LogP contribution in [-0.2, 0) is 0 Å². The molecule has 0 bridgehead atoms. The van der Waals surface area contributed by atoms with Crippen LogP contribution in [0, 0.1) is 0 Å². The van der Waals surface area contributed by atoms with Gasteiger partial charge in [0.05, 0.1) is 16.6 Å². The molecule has 4 nitrogen and oxygen atoms in total. The highest BCUT2D eigenvalue weighted by atomic mass is 79.9. The van der Waals surface area contributed by atoms with Crippen LogP contribution < -0.4 is 5.73 Å². The number of rotatable bonds is 2. The minimum atomic E-state index is -0.232. The summed E-state index contributed by atoms with van der Waals surface area (Å²) in [7, 11) is 0. The fourth-order valence-electron chi connectivity index (χ4n) is 2.14. The SMILES string of the molecule is NC(=S)C1CCCN1C(=O)c1cc(Br)ccc1O. The molecule has 0 aromatic heterocycles. The Balaban J connectivity index is 2.31. The number of phenols is 1. The van der Waals surface area contributed by atoms with Crippen molar-refractivity contribution >= 4 is 39.0 Å². The lowest BCUT2D eigenvalue weighted by molar-refractivity contribution is 0.0767. The molecule has 96 valence electrons. The van der Waals surface area contributed by atoms with Gasteiger partial charge < -0.3 is 15.7 Å². The molecule has 1 aromatic carbocycles. The van der Waals surface area contributed by atoms with Crippen LogP contribution in [0.3, 0.4) is 0 Å². The number of carbonyl (C=O) groups is 1. The van der Waals surface area contributed by atoms with Crippen LogP contribution in [-0.4, -0.2) is 33.5 Å². The third-order valence-electron chi connectivity index (χ3n) is 3.03. The van der Waals surface area contributed by atoms with Crippen molar-refractivity contribution in [1.82, 2.24) is 4.90 Å². The maximum atomic E-state index is 12.4. The van der Waals surface area contributed by atoms with Gasteiger partial charge in [-0.2, -0.15) is 0 Å². The lowest BCUT2D eigenvalue weighted by atomic mass is 10.1. The normalized spacial score (nSPS) is 18.9. The van der Waals surface area contributed by atoms with Crippen LogP contribution in [0.4, 0.5) is 0 Å². The van der Waals surface area contributed by atoms with Gasteiger partial charge in [0.1, 0.15) is 5.75 Å². The summed E-state index contributed by atoms with van der Waals surface area (Å²) >= 11 is 8.26. The van der Waals surface area contributed by atoms with Gasteiger partial charge in [0.25, 0.3) is 5.91 Å². The third kappa shape index (κ3) is 2.49. The van der Waals surface area contributed by atoms with Crippen LogP contribution in [0.5, 0.6) is 5.75 Å². The molecule has 0 saturated carbocycles. The molecule has 1 fully saturated rings. The van der Waals surface area contributed by atoms with Crippen molar-refractivity contribution in [3.8, 4) is 5.75 Å². The van der Waals surface area contributed by atoms with E-state index >= 15 is 0 Å². The zero-order valence-corrected chi connectivity index (χ0v) is 12.0. The van der Waals surface area contributed by atoms with E-state index in [0.29, 0.717) is 11.5 Å². The number of hydrogen-bond donors (Lipinski definition) is 2. The van der Waals surface area contributed by atoms with Crippen LogP contribution in [0.25, 0.3) is 0 Å². The Hall–Kier alpha value is -1.14. The molecule has 2 rings (SSSR count). The highest BCUT2D eigenvalue weighted by molar-refractivity contribution is 9.10. The van der Waals surface area contributed by atoms with Gasteiger partial charge in [0.15, 0.2) is 0 Å². The van der Waals surface area contributed by atoms with E-state index in [2.05, 4.69) is 15.9 Å². The molecule has 3 N–H and O–H groups in total. The predicted octanol–water partition coefficient (Wildman–Crippen LogP) is 2.05. The minimum absolute atomic E-state index is 0.0308. The molecule has 18 heavy (non-hydrogen) atoms. The molecule has 1 aliphatic heterocycles. The van der Waals surface area contributed by atoms with Crippen molar-refractivity contribution in [2.24, 2.45) is 5.73 Å². The van der Waals surface area contributed by atoms with E-state index < -0.39 is 0 Å². The number of thiocarbonyl (C=S) groups is 1. The Bertz CT molecular complexity index is 507. The highest BCUT2D eigenvalue weighted by Gasteiger charge is 2.32. The summed E-state index contributed by atoms with van der Waals surface area (Å²) in [6.07, 6.45) is 1.67. The molecule has 0 aliphatic carbocycles. The summed E-state index contributed by atoms with van der Waals surface area (Å²) < 4.78 is 0.745. The van der Waals surface area contributed by atoms with E-state index in [1.165, 1.54) is 6.07 Å². The molecule has 1 unspecified atom stereocenters. The molecule has 1 atom stereocenters. The summed E-state index contributed by atoms with van der Waals surface area (Å²) in [5, 5.41) is 9.76. The van der Waals surface area contributed by atoms with E-state index in [4.69, 9.17) is 18.0 Å². The number of halogens is 1. The minimum Gasteiger partial charge on any atom is -0.507 e. The second-order valence-electron chi connectivity index (χ2n) is 4.22. The van der Waals surface area contributed by atoms with Crippen molar-refractivity contribution in [3.63, 3.8) is 0 Å². The van der Waals surface area contributed by atoms with E-state index in [1.807, 2.05) is 0 Å². The third-order valence-corrected chi connectivity index (χ3v) is 3.80. The lowest BCUT2D eigenvalue weighted by Crippen LogP contribution is -2.42. The molecule has 1 heterocycles. The van der Waals surface area contributed by atoms with Gasteiger partial charge in [-0.25, -0.2) is 0 Å². The second-order valence-corrected chi connectivity index (χ2v) is 5.61. The Kier molecular flexibility index (Phi) is 3.87. The first kappa shape index (κ1) is 13.3. The fourth-order valence-corrected chi connectivity index (χ4v) is 2.75. The predicted molar refractivity (Wildman–Crippen MR) is 76.7 cm³/mol. The standard InChI is InChI=1S/C12H13BrN2O2S/c13-7-3-4-10(16)8(6-7)12(17)15-5-1-2-9(15)11(14)18/h3-4,6,9,16H,1-2,5H2,(H2,14,18). The van der Waals surface area contributed by atoms with E-state index in [-0.39, 0.29) is 23.3 Å². The van der Waals surface area contributed by atoms with Crippen molar-refractivity contribution in [2.45, 2.75) is 18.9 Å². The number of aromatic hydroxyl groups is 1. The van der Waals surface area contributed by atoms with E-state index in [9.17, 15) is 9.90 Å². The van der Waals surface area contributed by atoms with Crippen molar-refractivity contribution < 1.29 is 9.90 Å². The summed E-state index contributed by atoms with van der Waals surface area (Å²) in [5.74, 6) is -0.263. The van der Waals surface area contributed by atoms with Crippen molar-refractivity contribution in [3.05, 3.63) is 28.2 Å². The Morgan fingerprint density at radius 2 is 2.28 bits per heavy atom. The van der Waals surface area contributed by atoms with Gasteiger partial charge in [-0.15, -0.1) is 0 Å². The number of hydrogen-bond acceptors (Lipinski definition) is 3. The number of carbonyl (C=O) groups excluding carboxylic acids is 1. The van der Waals surface area contributed by atoms with Gasteiger partial charge in [0.2, 0.25) is 0 Å². The molecule has 1 aromatic rings. The second kappa shape index (κ2) is 5.24. The summed E-state index contributed by atoms with van der Waals surface area (Å²) in [5.41, 5.74) is 5.91. The van der Waals surface area contributed by atoms with Crippen LogP contribution >= 0.6 is 28.1 Å². The van der Waals surface area contributed by atoms with Crippen LogP contribution in [0.2, 0.25) is 0 Å². The molecule has 1 saturated heterocycles. The topological polar surface area (TPSA) is 66.6 Å². The molecule has 0 radical (unpaired) electrons. The lowest BCUT2D eigenvalue weighted by Gasteiger charge is -2.24.